The van der Waals surface area contributed by atoms with Crippen LogP contribution in [-0.4, -0.2) is 22.5 Å². The van der Waals surface area contributed by atoms with Gasteiger partial charge in [0.05, 0.1) is 5.69 Å². The molecule has 0 spiro atoms. The van der Waals surface area contributed by atoms with Gasteiger partial charge < -0.3 is 5.32 Å². The minimum Gasteiger partial charge on any atom is -0.368 e. The van der Waals surface area contributed by atoms with E-state index in [2.05, 4.69) is 34.6 Å². The van der Waals surface area contributed by atoms with Gasteiger partial charge in [-0.25, -0.2) is 0 Å². The van der Waals surface area contributed by atoms with Crippen LogP contribution in [0.4, 0.5) is 5.82 Å². The summed E-state index contributed by atoms with van der Waals surface area (Å²) in [4.78, 5) is 10.8. The van der Waals surface area contributed by atoms with Gasteiger partial charge in [-0.3, -0.25) is 4.79 Å². The van der Waals surface area contributed by atoms with Crippen LogP contribution in [0, 0.1) is 6.92 Å². The molecule has 1 N–H and O–H groups in total. The Balaban J connectivity index is 2.04. The van der Waals surface area contributed by atoms with E-state index in [1.807, 2.05) is 24.3 Å². The topological polar surface area (TPSA) is 54.9 Å². The molecule has 0 aliphatic heterocycles. The molecular formula is C15H17N3O. The van der Waals surface area contributed by atoms with Gasteiger partial charge in [-0.15, -0.1) is 10.2 Å². The molecule has 0 atom stereocenters. The smallest absolute Gasteiger partial charge is 0.148 e. The second kappa shape index (κ2) is 6.09. The third-order valence-corrected chi connectivity index (χ3v) is 2.76. The van der Waals surface area contributed by atoms with Crippen molar-refractivity contribution in [3.8, 4) is 11.3 Å². The normalized spacial score (nSPS) is 10.2. The molecule has 19 heavy (non-hydrogen) atoms. The number of anilines is 1. The van der Waals surface area contributed by atoms with Crippen molar-refractivity contribution in [2.45, 2.75) is 20.3 Å². The van der Waals surface area contributed by atoms with E-state index in [1.165, 1.54) is 5.56 Å². The quantitative estimate of drug-likeness (QED) is 0.892. The van der Waals surface area contributed by atoms with E-state index in [1.54, 1.807) is 6.92 Å². The maximum atomic E-state index is 10.8. The number of nitrogens with one attached hydrogen (secondary N) is 1. The molecule has 0 amide bonds. The summed E-state index contributed by atoms with van der Waals surface area (Å²) >= 11 is 0. The number of ketones is 1. The van der Waals surface area contributed by atoms with E-state index in [4.69, 9.17) is 0 Å². The first-order valence-electron chi connectivity index (χ1n) is 6.29. The van der Waals surface area contributed by atoms with Gasteiger partial charge >= 0.3 is 0 Å². The van der Waals surface area contributed by atoms with Crippen LogP contribution in [0.5, 0.6) is 0 Å². The predicted molar refractivity (Wildman–Crippen MR) is 76.0 cm³/mol. The molecule has 0 aliphatic rings. The number of hydrogen-bond donors (Lipinski definition) is 1. The van der Waals surface area contributed by atoms with Crippen molar-refractivity contribution in [2.24, 2.45) is 0 Å². The van der Waals surface area contributed by atoms with Crippen molar-refractivity contribution in [1.29, 1.82) is 0 Å². The van der Waals surface area contributed by atoms with Gasteiger partial charge in [0.1, 0.15) is 11.6 Å². The number of hydrogen-bond acceptors (Lipinski definition) is 4. The molecule has 0 fully saturated rings. The number of carbonyl (C=O) groups is 1. The van der Waals surface area contributed by atoms with Crippen LogP contribution < -0.4 is 5.32 Å². The van der Waals surface area contributed by atoms with Crippen LogP contribution >= 0.6 is 0 Å². The summed E-state index contributed by atoms with van der Waals surface area (Å²) in [7, 11) is 0. The van der Waals surface area contributed by atoms with Crippen molar-refractivity contribution < 1.29 is 4.79 Å². The molecule has 1 heterocycles. The van der Waals surface area contributed by atoms with Crippen LogP contribution in [0.25, 0.3) is 11.3 Å². The predicted octanol–water partition coefficient (Wildman–Crippen LogP) is 2.84. The SMILES string of the molecule is CC(=O)CCNc1ccc(-c2cccc(C)c2)nn1. The zero-order valence-electron chi connectivity index (χ0n) is 11.2. The van der Waals surface area contributed by atoms with Gasteiger partial charge in [-0.05, 0) is 32.0 Å². The molecule has 0 aliphatic carbocycles. The van der Waals surface area contributed by atoms with Gasteiger partial charge in [0, 0.05) is 18.5 Å². The highest BCUT2D eigenvalue weighted by Crippen LogP contribution is 2.18. The van der Waals surface area contributed by atoms with Crippen LogP contribution in [0.2, 0.25) is 0 Å². The van der Waals surface area contributed by atoms with E-state index < -0.39 is 0 Å². The van der Waals surface area contributed by atoms with E-state index >= 15 is 0 Å². The van der Waals surface area contributed by atoms with E-state index in [0.29, 0.717) is 18.8 Å². The van der Waals surface area contributed by atoms with Crippen molar-refractivity contribution in [3.05, 3.63) is 42.0 Å². The molecule has 98 valence electrons. The van der Waals surface area contributed by atoms with Crippen LogP contribution in [-0.2, 0) is 4.79 Å². The zero-order chi connectivity index (χ0) is 13.7. The highest BCUT2D eigenvalue weighted by molar-refractivity contribution is 5.75. The van der Waals surface area contributed by atoms with E-state index in [-0.39, 0.29) is 5.78 Å². The van der Waals surface area contributed by atoms with Gasteiger partial charge in [-0.2, -0.15) is 0 Å². The van der Waals surface area contributed by atoms with Crippen molar-refractivity contribution >= 4 is 11.6 Å². The number of carbonyl (C=O) groups excluding carboxylic acids is 1. The summed E-state index contributed by atoms with van der Waals surface area (Å²) in [6, 6.07) is 12.0. The number of rotatable bonds is 5. The first-order chi connectivity index (χ1) is 9.15. The van der Waals surface area contributed by atoms with E-state index in [0.717, 1.165) is 11.3 Å². The third kappa shape index (κ3) is 3.88. The second-order valence-electron chi connectivity index (χ2n) is 4.55. The molecule has 1 aromatic heterocycles. The molecule has 1 aromatic carbocycles. The summed E-state index contributed by atoms with van der Waals surface area (Å²) in [5, 5.41) is 11.4. The summed E-state index contributed by atoms with van der Waals surface area (Å²) < 4.78 is 0. The Labute approximate surface area is 112 Å². The van der Waals surface area contributed by atoms with Gasteiger partial charge in [0.25, 0.3) is 0 Å². The van der Waals surface area contributed by atoms with Crippen LogP contribution in [0.3, 0.4) is 0 Å². The standard InChI is InChI=1S/C15H17N3O/c1-11-4-3-5-13(10-11)14-6-7-15(18-17-14)16-9-8-12(2)19/h3-7,10H,8-9H2,1-2H3,(H,16,18). The average Bonchev–Trinajstić information content (AvgIpc) is 2.39. The maximum absolute atomic E-state index is 10.8. The Kier molecular flexibility index (Phi) is 4.23. The largest absolute Gasteiger partial charge is 0.368 e. The average molecular weight is 255 g/mol. The van der Waals surface area contributed by atoms with Crippen molar-refractivity contribution in [1.82, 2.24) is 10.2 Å². The molecule has 0 saturated heterocycles. The molecular weight excluding hydrogens is 238 g/mol. The number of Topliss-reactive ketones (excluding diaryl/α,β-unsaturated/α-hetero) is 1. The zero-order valence-corrected chi connectivity index (χ0v) is 11.2. The Morgan fingerprint density at radius 1 is 1.21 bits per heavy atom. The highest BCUT2D eigenvalue weighted by Gasteiger charge is 2.01. The summed E-state index contributed by atoms with van der Waals surface area (Å²) in [5.74, 6) is 0.856. The summed E-state index contributed by atoms with van der Waals surface area (Å²) in [6.45, 7) is 4.22. The number of aromatic nitrogens is 2. The molecule has 0 radical (unpaired) electrons. The first-order valence-corrected chi connectivity index (χ1v) is 6.29. The monoisotopic (exact) mass is 255 g/mol. The van der Waals surface area contributed by atoms with Crippen LogP contribution in [0.1, 0.15) is 18.9 Å². The van der Waals surface area contributed by atoms with E-state index in [9.17, 15) is 4.79 Å². The van der Waals surface area contributed by atoms with Gasteiger partial charge in [-0.1, -0.05) is 23.8 Å². The Morgan fingerprint density at radius 3 is 2.68 bits per heavy atom. The summed E-state index contributed by atoms with van der Waals surface area (Å²) in [6.07, 6.45) is 0.501. The third-order valence-electron chi connectivity index (χ3n) is 2.76. The molecule has 4 nitrogen and oxygen atoms in total. The van der Waals surface area contributed by atoms with Crippen molar-refractivity contribution in [3.63, 3.8) is 0 Å². The molecule has 0 saturated carbocycles. The lowest BCUT2D eigenvalue weighted by atomic mass is 10.1. The lowest BCUT2D eigenvalue weighted by Gasteiger charge is -2.05. The minimum atomic E-state index is 0.164. The van der Waals surface area contributed by atoms with Gasteiger partial charge in [0.15, 0.2) is 0 Å². The molecule has 0 unspecified atom stereocenters. The fourth-order valence-corrected chi connectivity index (χ4v) is 1.75. The minimum absolute atomic E-state index is 0.164. The summed E-state index contributed by atoms with van der Waals surface area (Å²) in [5.41, 5.74) is 3.10. The molecule has 2 aromatic rings. The highest BCUT2D eigenvalue weighted by atomic mass is 16.1. The lowest BCUT2D eigenvalue weighted by molar-refractivity contribution is -0.116. The Morgan fingerprint density at radius 2 is 2.05 bits per heavy atom. The Hall–Kier alpha value is -2.23. The maximum Gasteiger partial charge on any atom is 0.148 e. The number of nitrogens with zero attached hydrogens (tertiary/aromatic N) is 2. The molecule has 4 heteroatoms. The molecule has 0 bridgehead atoms. The fraction of sp³-hybridized carbons (Fsp3) is 0.267. The van der Waals surface area contributed by atoms with Crippen molar-refractivity contribution in [2.75, 3.05) is 11.9 Å². The Bertz CT molecular complexity index is 564. The van der Waals surface area contributed by atoms with Gasteiger partial charge in [0.2, 0.25) is 0 Å². The number of benzene rings is 1. The first kappa shape index (κ1) is 13.2. The van der Waals surface area contributed by atoms with Crippen LogP contribution in [0.15, 0.2) is 36.4 Å². The number of aryl methyl sites for hydroxylation is 1. The fourth-order valence-electron chi connectivity index (χ4n) is 1.75. The second-order valence-corrected chi connectivity index (χ2v) is 4.55. The molecule has 2 rings (SSSR count). The lowest BCUT2D eigenvalue weighted by Crippen LogP contribution is -2.07.